The van der Waals surface area contributed by atoms with Gasteiger partial charge in [0.25, 0.3) is 5.91 Å². The van der Waals surface area contributed by atoms with Gasteiger partial charge in [0.2, 0.25) is 0 Å². The third-order valence-electron chi connectivity index (χ3n) is 9.07. The van der Waals surface area contributed by atoms with Crippen molar-refractivity contribution in [2.45, 2.75) is 90.5 Å². The minimum Gasteiger partial charge on any atom is -0.444 e. The molecule has 0 saturated heterocycles. The van der Waals surface area contributed by atoms with Crippen LogP contribution in [-0.2, 0) is 22.7 Å². The number of amides is 2. The van der Waals surface area contributed by atoms with E-state index in [9.17, 15) is 9.59 Å². The van der Waals surface area contributed by atoms with Crippen molar-refractivity contribution in [3.05, 3.63) is 89.1 Å². The van der Waals surface area contributed by atoms with Gasteiger partial charge >= 0.3 is 6.09 Å². The molecular formula is C39H48FN5O4Si. The fraction of sp³-hybridized carbons (Fsp3) is 0.436. The number of hydrogen-bond donors (Lipinski definition) is 1. The minimum absolute atomic E-state index is 0.0614. The highest BCUT2D eigenvalue weighted by Gasteiger charge is 2.27. The van der Waals surface area contributed by atoms with Crippen LogP contribution < -0.4 is 5.32 Å². The summed E-state index contributed by atoms with van der Waals surface area (Å²) in [5.41, 5.74) is 5.51. The SMILES string of the molecule is CC(C)(C)OC(=O)N1CC=C(c2cn(COCC[Si](C)(C)C)c3ncnc(-c4ccc(CNC(=O)c5ccc(C6CC6)cc5)c(F)c4)c23)CC1. The number of hydrogen-bond acceptors (Lipinski definition) is 6. The molecule has 2 aromatic heterocycles. The maximum absolute atomic E-state index is 15.7. The van der Waals surface area contributed by atoms with Gasteiger partial charge in [-0.25, -0.2) is 19.2 Å². The number of halogens is 1. The van der Waals surface area contributed by atoms with Gasteiger partial charge in [0.1, 0.15) is 30.1 Å². The first-order valence-electron chi connectivity index (χ1n) is 17.5. The molecule has 9 nitrogen and oxygen atoms in total. The highest BCUT2D eigenvalue weighted by molar-refractivity contribution is 6.76. The predicted molar refractivity (Wildman–Crippen MR) is 197 cm³/mol. The average Bonchev–Trinajstić information content (AvgIpc) is 3.86. The summed E-state index contributed by atoms with van der Waals surface area (Å²) in [5.74, 6) is -0.0518. The predicted octanol–water partition coefficient (Wildman–Crippen LogP) is 8.38. The van der Waals surface area contributed by atoms with Crippen LogP contribution >= 0.6 is 0 Å². The number of nitrogens with zero attached hydrogens (tertiary/aromatic N) is 4. The summed E-state index contributed by atoms with van der Waals surface area (Å²) >= 11 is 0. The molecule has 1 aliphatic heterocycles. The molecular weight excluding hydrogens is 650 g/mol. The smallest absolute Gasteiger partial charge is 0.410 e. The standard InChI is InChI=1S/C39H48FN5O4Si/c1-39(2,3)49-38(47)44-17-15-28(16-18-44)32-23-45(25-48-19-20-50(4,5)6)36-34(32)35(42-24-43-36)30-13-14-31(33(40)21-30)22-41-37(46)29-11-9-27(10-12-29)26-7-8-26/h9-15,21,23-24,26H,7-8,16-20,22,25H2,1-6H3,(H,41,46). The number of carbonyl (C=O) groups excluding carboxylic acids is 2. The van der Waals surface area contributed by atoms with Gasteiger partial charge in [0.05, 0.1) is 11.1 Å². The molecule has 3 heterocycles. The quantitative estimate of drug-likeness (QED) is 0.125. The van der Waals surface area contributed by atoms with Crippen LogP contribution in [0.15, 0.2) is 61.1 Å². The van der Waals surface area contributed by atoms with Crippen molar-refractivity contribution in [3.8, 4) is 11.3 Å². The maximum atomic E-state index is 15.7. The maximum Gasteiger partial charge on any atom is 0.410 e. The van der Waals surface area contributed by atoms with Crippen molar-refractivity contribution in [2.24, 2.45) is 0 Å². The fourth-order valence-electron chi connectivity index (χ4n) is 6.07. The molecule has 2 amide bonds. The van der Waals surface area contributed by atoms with Gasteiger partial charge in [-0.15, -0.1) is 0 Å². The van der Waals surface area contributed by atoms with Crippen molar-refractivity contribution < 1.29 is 23.5 Å². The summed E-state index contributed by atoms with van der Waals surface area (Å²) in [7, 11) is -1.27. The Labute approximate surface area is 294 Å². The van der Waals surface area contributed by atoms with Gasteiger partial charge in [-0.1, -0.05) is 50.0 Å². The molecule has 0 atom stereocenters. The van der Waals surface area contributed by atoms with Crippen LogP contribution in [0.1, 0.15) is 73.0 Å². The first-order valence-corrected chi connectivity index (χ1v) is 21.2. The number of carbonyl (C=O) groups is 2. The molecule has 6 rings (SSSR count). The second kappa shape index (κ2) is 14.5. The third-order valence-corrected chi connectivity index (χ3v) is 10.8. The second-order valence-corrected chi connectivity index (χ2v) is 21.2. The van der Waals surface area contributed by atoms with Crippen LogP contribution in [0.25, 0.3) is 27.9 Å². The molecule has 1 N–H and O–H groups in total. The zero-order valence-electron chi connectivity index (χ0n) is 30.0. The van der Waals surface area contributed by atoms with E-state index in [0.717, 1.165) is 22.6 Å². The van der Waals surface area contributed by atoms with E-state index in [1.54, 1.807) is 11.0 Å². The largest absolute Gasteiger partial charge is 0.444 e. The fourth-order valence-corrected chi connectivity index (χ4v) is 6.83. The Morgan fingerprint density at radius 1 is 1.06 bits per heavy atom. The molecule has 0 unspecified atom stereocenters. The summed E-state index contributed by atoms with van der Waals surface area (Å²) in [5, 5.41) is 3.66. The molecule has 11 heteroatoms. The van der Waals surface area contributed by atoms with Gasteiger partial charge in [-0.05, 0) is 81.3 Å². The monoisotopic (exact) mass is 697 g/mol. The molecule has 0 bridgehead atoms. The summed E-state index contributed by atoms with van der Waals surface area (Å²) in [6.07, 6.45) is 8.25. The summed E-state index contributed by atoms with van der Waals surface area (Å²) in [6.45, 7) is 14.5. The van der Waals surface area contributed by atoms with Crippen molar-refractivity contribution in [3.63, 3.8) is 0 Å². The normalized spacial score (nSPS) is 15.3. The molecule has 1 fully saturated rings. The molecule has 0 radical (unpaired) electrons. The van der Waals surface area contributed by atoms with Gasteiger partial charge in [-0.2, -0.15) is 0 Å². The Balaban J connectivity index is 1.25. The lowest BCUT2D eigenvalue weighted by Crippen LogP contribution is -2.39. The van der Waals surface area contributed by atoms with Gasteiger partial charge < -0.3 is 24.3 Å². The van der Waals surface area contributed by atoms with Crippen molar-refractivity contribution in [1.82, 2.24) is 24.8 Å². The van der Waals surface area contributed by atoms with Gasteiger partial charge in [-0.3, -0.25) is 4.79 Å². The number of fused-ring (bicyclic) bond motifs is 1. The zero-order chi connectivity index (χ0) is 35.6. The van der Waals surface area contributed by atoms with Crippen LogP contribution in [0.3, 0.4) is 0 Å². The zero-order valence-corrected chi connectivity index (χ0v) is 31.0. The minimum atomic E-state index is -1.27. The molecule has 2 aromatic carbocycles. The van der Waals surface area contributed by atoms with Crippen molar-refractivity contribution in [1.29, 1.82) is 0 Å². The Kier molecular flexibility index (Phi) is 10.3. The molecule has 0 spiro atoms. The van der Waals surface area contributed by atoms with E-state index < -0.39 is 19.5 Å². The lowest BCUT2D eigenvalue weighted by atomic mass is 9.97. The van der Waals surface area contributed by atoms with E-state index in [4.69, 9.17) is 9.47 Å². The van der Waals surface area contributed by atoms with Crippen LogP contribution in [0.5, 0.6) is 0 Å². The molecule has 50 heavy (non-hydrogen) atoms. The van der Waals surface area contributed by atoms with Crippen LogP contribution in [-0.4, -0.2) is 64.8 Å². The van der Waals surface area contributed by atoms with E-state index in [1.807, 2.05) is 67.9 Å². The van der Waals surface area contributed by atoms with E-state index >= 15 is 4.39 Å². The Bertz CT molecular complexity index is 1900. The molecule has 1 aliphatic carbocycles. The number of nitrogens with one attached hydrogen (secondary N) is 1. The molecule has 2 aliphatic rings. The number of benzene rings is 2. The third kappa shape index (κ3) is 8.68. The second-order valence-electron chi connectivity index (χ2n) is 15.6. The van der Waals surface area contributed by atoms with Gasteiger partial charge in [0.15, 0.2) is 0 Å². The first kappa shape index (κ1) is 35.5. The highest BCUT2D eigenvalue weighted by atomic mass is 28.3. The first-order chi connectivity index (χ1) is 23.8. The van der Waals surface area contributed by atoms with E-state index in [1.165, 1.54) is 30.8 Å². The number of aromatic nitrogens is 3. The molecule has 1 saturated carbocycles. The Morgan fingerprint density at radius 3 is 2.46 bits per heavy atom. The topological polar surface area (TPSA) is 98.6 Å². The lowest BCUT2D eigenvalue weighted by Gasteiger charge is -2.29. The summed E-state index contributed by atoms with van der Waals surface area (Å²) in [6, 6.07) is 13.7. The average molecular weight is 698 g/mol. The van der Waals surface area contributed by atoms with E-state index in [0.29, 0.717) is 66.8 Å². The Morgan fingerprint density at radius 2 is 1.82 bits per heavy atom. The number of ether oxygens (including phenoxy) is 2. The van der Waals surface area contributed by atoms with Crippen LogP contribution in [0.2, 0.25) is 25.7 Å². The summed E-state index contributed by atoms with van der Waals surface area (Å²) in [4.78, 5) is 36.6. The van der Waals surface area contributed by atoms with Crippen molar-refractivity contribution in [2.75, 3.05) is 19.7 Å². The van der Waals surface area contributed by atoms with Crippen molar-refractivity contribution >= 4 is 36.7 Å². The summed E-state index contributed by atoms with van der Waals surface area (Å²) < 4.78 is 29.4. The van der Waals surface area contributed by atoms with E-state index in [-0.39, 0.29) is 18.5 Å². The van der Waals surface area contributed by atoms with Crippen LogP contribution in [0, 0.1) is 5.82 Å². The Hall–Kier alpha value is -4.35. The molecule has 4 aromatic rings. The number of rotatable bonds is 11. The molecule has 264 valence electrons. The lowest BCUT2D eigenvalue weighted by molar-refractivity contribution is 0.0270. The highest BCUT2D eigenvalue weighted by Crippen LogP contribution is 2.40. The van der Waals surface area contributed by atoms with Crippen LogP contribution in [0.4, 0.5) is 9.18 Å². The van der Waals surface area contributed by atoms with E-state index in [2.05, 4.69) is 34.9 Å². The van der Waals surface area contributed by atoms with Gasteiger partial charge in [0, 0.05) is 62.8 Å².